The third kappa shape index (κ3) is 7.20. The van der Waals surface area contributed by atoms with Crippen molar-refractivity contribution in [2.24, 2.45) is 10.9 Å². The van der Waals surface area contributed by atoms with Crippen molar-refractivity contribution in [3.05, 3.63) is 60.2 Å². The van der Waals surface area contributed by atoms with Crippen LogP contribution in [-0.2, 0) is 9.59 Å². The summed E-state index contributed by atoms with van der Waals surface area (Å²) in [6, 6.07) is 5.03. The van der Waals surface area contributed by atoms with Gasteiger partial charge in [-0.25, -0.2) is 4.39 Å². The van der Waals surface area contributed by atoms with Crippen LogP contribution in [0.3, 0.4) is 0 Å². The molecule has 2 amide bonds. The molecule has 1 fully saturated rings. The highest BCUT2D eigenvalue weighted by Gasteiger charge is 2.22. The van der Waals surface area contributed by atoms with Gasteiger partial charge >= 0.3 is 11.8 Å². The fourth-order valence-corrected chi connectivity index (χ4v) is 4.75. The van der Waals surface area contributed by atoms with Crippen LogP contribution in [0, 0.1) is 5.92 Å². The molecular formula is C29H33FN6O5. The number of allylic oxidation sites excluding steroid dienone is 4. The third-order valence-electron chi connectivity index (χ3n) is 7.04. The fourth-order valence-electron chi connectivity index (χ4n) is 4.75. The van der Waals surface area contributed by atoms with Crippen LogP contribution in [0.1, 0.15) is 25.7 Å². The van der Waals surface area contributed by atoms with Crippen molar-refractivity contribution in [1.29, 1.82) is 0 Å². The summed E-state index contributed by atoms with van der Waals surface area (Å²) < 4.78 is 32.7. The molecule has 5 rings (SSSR count). The van der Waals surface area contributed by atoms with Crippen molar-refractivity contribution in [1.82, 2.24) is 26.3 Å². The van der Waals surface area contributed by atoms with Gasteiger partial charge in [-0.15, -0.1) is 0 Å². The van der Waals surface area contributed by atoms with Crippen LogP contribution in [0.25, 0.3) is 10.9 Å². The molecule has 2 aromatic rings. The predicted octanol–water partition coefficient (Wildman–Crippen LogP) is 2.61. The average Bonchev–Trinajstić information content (AvgIpc) is 3.00. The van der Waals surface area contributed by atoms with Gasteiger partial charge in [-0.2, -0.15) is 0 Å². The molecule has 1 unspecified atom stereocenters. The number of carbonyl (C=O) groups excluding carboxylic acids is 2. The van der Waals surface area contributed by atoms with Crippen molar-refractivity contribution < 1.29 is 28.2 Å². The lowest BCUT2D eigenvalue weighted by molar-refractivity contribution is -0.138. The second-order valence-electron chi connectivity index (χ2n) is 9.93. The quantitative estimate of drug-likeness (QED) is 0.342. The van der Waals surface area contributed by atoms with Gasteiger partial charge in [-0.05, 0) is 56.5 Å². The van der Waals surface area contributed by atoms with Crippen LogP contribution >= 0.6 is 0 Å². The number of hydrogen-bond donors (Lipinski definition) is 4. The molecule has 1 aliphatic carbocycles. The summed E-state index contributed by atoms with van der Waals surface area (Å²) in [6.07, 6.45) is 10.2. The van der Waals surface area contributed by atoms with E-state index in [4.69, 9.17) is 14.2 Å². The van der Waals surface area contributed by atoms with E-state index in [0.29, 0.717) is 40.7 Å². The smallest absolute Gasteiger partial charge is 0.313 e. The first-order valence-electron chi connectivity index (χ1n) is 13.6. The number of benzene rings is 1. The summed E-state index contributed by atoms with van der Waals surface area (Å²) in [5, 5.41) is 12.0. The molecular weight excluding hydrogens is 531 g/mol. The largest absolute Gasteiger partial charge is 0.493 e. The Balaban J connectivity index is 1.23. The van der Waals surface area contributed by atoms with Crippen molar-refractivity contribution in [2.45, 2.75) is 31.7 Å². The van der Waals surface area contributed by atoms with E-state index in [0.717, 1.165) is 25.9 Å². The number of pyridine rings is 1. The van der Waals surface area contributed by atoms with Gasteiger partial charge in [0.2, 0.25) is 0 Å². The number of fused-ring (bicyclic) bond motifs is 1. The monoisotopic (exact) mass is 564 g/mol. The Kier molecular flexibility index (Phi) is 9.09. The Morgan fingerprint density at radius 3 is 2.73 bits per heavy atom. The molecule has 1 aromatic heterocycles. The molecule has 41 heavy (non-hydrogen) atoms. The van der Waals surface area contributed by atoms with Crippen LogP contribution in [0.5, 0.6) is 17.2 Å². The highest BCUT2D eigenvalue weighted by atomic mass is 19.1. The Bertz CT molecular complexity index is 1420. The van der Waals surface area contributed by atoms with Crippen molar-refractivity contribution in [3.8, 4) is 17.2 Å². The van der Waals surface area contributed by atoms with E-state index in [1.807, 2.05) is 0 Å². The lowest BCUT2D eigenvalue weighted by atomic mass is 9.99. The van der Waals surface area contributed by atoms with Gasteiger partial charge in [0.15, 0.2) is 17.3 Å². The number of amides is 2. The van der Waals surface area contributed by atoms with Gasteiger partial charge < -0.3 is 35.5 Å². The van der Waals surface area contributed by atoms with Gasteiger partial charge in [0.1, 0.15) is 11.5 Å². The zero-order valence-corrected chi connectivity index (χ0v) is 22.7. The highest BCUT2D eigenvalue weighted by Crippen LogP contribution is 2.37. The number of carbonyl (C=O) groups is 2. The highest BCUT2D eigenvalue weighted by molar-refractivity contribution is 6.35. The molecule has 4 N–H and O–H groups in total. The van der Waals surface area contributed by atoms with E-state index in [2.05, 4.69) is 31.2 Å². The van der Waals surface area contributed by atoms with Gasteiger partial charge in [0, 0.05) is 54.9 Å². The van der Waals surface area contributed by atoms with Crippen LogP contribution in [0.15, 0.2) is 65.1 Å². The molecule has 0 radical (unpaired) electrons. The summed E-state index contributed by atoms with van der Waals surface area (Å²) in [5.41, 5.74) is 0.910. The molecule has 1 aromatic carbocycles. The van der Waals surface area contributed by atoms with E-state index in [-0.39, 0.29) is 36.9 Å². The molecule has 3 aliphatic rings. The van der Waals surface area contributed by atoms with E-state index in [1.165, 1.54) is 6.08 Å². The molecule has 216 valence electrons. The van der Waals surface area contributed by atoms with Crippen LogP contribution < -0.4 is 35.5 Å². The molecule has 2 aliphatic heterocycles. The number of rotatable bonds is 9. The zero-order valence-electron chi connectivity index (χ0n) is 22.7. The summed E-state index contributed by atoms with van der Waals surface area (Å²) in [4.78, 5) is 32.9. The molecule has 12 heteroatoms. The maximum absolute atomic E-state index is 15.0. The number of hydrogen-bond acceptors (Lipinski definition) is 9. The maximum atomic E-state index is 15.0. The van der Waals surface area contributed by atoms with Crippen LogP contribution in [0.2, 0.25) is 0 Å². The molecule has 11 nitrogen and oxygen atoms in total. The Labute approximate surface area is 236 Å². The molecule has 0 bridgehead atoms. The van der Waals surface area contributed by atoms with E-state index in [9.17, 15) is 9.59 Å². The van der Waals surface area contributed by atoms with E-state index >= 15 is 4.39 Å². The minimum absolute atomic E-state index is 0.112. The molecule has 3 heterocycles. The lowest BCUT2D eigenvalue weighted by Gasteiger charge is -2.23. The first-order chi connectivity index (χ1) is 20.0. The van der Waals surface area contributed by atoms with Crippen molar-refractivity contribution in [2.75, 3.05) is 33.4 Å². The number of nitrogens with one attached hydrogen (secondary N) is 4. The first-order valence-corrected chi connectivity index (χ1v) is 13.6. The van der Waals surface area contributed by atoms with Crippen LogP contribution in [0.4, 0.5) is 4.39 Å². The number of aromatic nitrogens is 1. The number of aliphatic imine (C=N–C) groups is 1. The minimum Gasteiger partial charge on any atom is -0.493 e. The second-order valence-corrected chi connectivity index (χ2v) is 9.93. The van der Waals surface area contributed by atoms with Crippen molar-refractivity contribution in [3.63, 3.8) is 0 Å². The molecule has 1 saturated heterocycles. The van der Waals surface area contributed by atoms with E-state index in [1.54, 1.807) is 50.1 Å². The summed E-state index contributed by atoms with van der Waals surface area (Å²) in [7, 11) is 1.57. The third-order valence-corrected chi connectivity index (χ3v) is 7.04. The molecule has 0 spiro atoms. The summed E-state index contributed by atoms with van der Waals surface area (Å²) in [5.74, 6) is -0.198. The predicted molar refractivity (Wildman–Crippen MR) is 151 cm³/mol. The number of ether oxygens (including phenoxy) is 3. The molecule has 1 atom stereocenters. The topological polar surface area (TPSA) is 135 Å². The first kappa shape index (κ1) is 28.1. The van der Waals surface area contributed by atoms with Gasteiger partial charge in [0.25, 0.3) is 0 Å². The summed E-state index contributed by atoms with van der Waals surface area (Å²) >= 11 is 0. The fraction of sp³-hybridized carbons (Fsp3) is 0.379. The zero-order chi connectivity index (χ0) is 28.6. The molecule has 0 saturated carbocycles. The maximum Gasteiger partial charge on any atom is 0.313 e. The minimum atomic E-state index is -0.873. The normalized spacial score (nSPS) is 18.9. The summed E-state index contributed by atoms with van der Waals surface area (Å²) in [6.45, 7) is 2.75. The van der Waals surface area contributed by atoms with Crippen molar-refractivity contribution >= 4 is 28.9 Å². The number of piperidine rings is 1. The Morgan fingerprint density at radius 1 is 1.12 bits per heavy atom. The average molecular weight is 565 g/mol. The Hall–Kier alpha value is -4.45. The van der Waals surface area contributed by atoms with E-state index < -0.39 is 17.6 Å². The van der Waals surface area contributed by atoms with Gasteiger partial charge in [-0.1, -0.05) is 0 Å². The second kappa shape index (κ2) is 13.3. The van der Waals surface area contributed by atoms with Gasteiger partial charge in [-0.3, -0.25) is 19.6 Å². The van der Waals surface area contributed by atoms with Crippen LogP contribution in [-0.4, -0.2) is 62.4 Å². The Morgan fingerprint density at radius 2 is 1.98 bits per heavy atom. The number of halogens is 1. The standard InChI is InChI=1S/C29H33FN6O5/c1-39-26-13-21-23(14-27(26)40-17-18-4-7-31-8-5-18)34-9-6-24(21)41-25-3-2-19(12-22(25)30)36-29(38)28(37)35-16-20-15-32-10-11-33-20/h6,9-15,18,20,31,33H,2-5,7-8,16-17H2,1H3,(H,35,37)(H,36,38). The van der Waals surface area contributed by atoms with Gasteiger partial charge in [0.05, 0.1) is 25.3 Å². The lowest BCUT2D eigenvalue weighted by Crippen LogP contribution is -2.46. The number of nitrogens with zero attached hydrogens (tertiary/aromatic N) is 2. The number of methoxy groups -OCH3 is 1. The SMILES string of the molecule is COc1cc2c(OC3=C(F)C=C(NC(=O)C(=O)NCC4C=NC=CN4)CC3)ccnc2cc1OCC1CCNCC1.